The molecule has 1 aliphatic rings. The first-order valence-electron chi connectivity index (χ1n) is 7.92. The van der Waals surface area contributed by atoms with E-state index in [1.165, 1.54) is 10.4 Å². The lowest BCUT2D eigenvalue weighted by atomic mass is 9.98. The van der Waals surface area contributed by atoms with Gasteiger partial charge in [-0.25, -0.2) is 0 Å². The molecule has 122 valence electrons. The molecule has 1 saturated heterocycles. The van der Waals surface area contributed by atoms with Gasteiger partial charge in [-0.3, -0.25) is 4.99 Å². The van der Waals surface area contributed by atoms with E-state index in [1.807, 2.05) is 19.2 Å². The molecule has 2 aromatic rings. The average Bonchev–Trinajstić information content (AvgIpc) is 3.27. The first-order valence-corrected chi connectivity index (χ1v) is 8.80. The summed E-state index contributed by atoms with van der Waals surface area (Å²) in [5.74, 6) is 2.47. The predicted octanol–water partition coefficient (Wildman–Crippen LogP) is 3.32. The summed E-state index contributed by atoms with van der Waals surface area (Å²) in [7, 11) is 3.56. The standard InChI is InChI=1S/C18H23N3OS/c1-19-18(20-12-17-4-3-11-23-17)21-10-9-15(13-21)14-5-7-16(22-2)8-6-14/h3-8,11,15H,9-10,12-13H2,1-2H3,(H,19,20). The van der Waals surface area contributed by atoms with Gasteiger partial charge in [0.25, 0.3) is 0 Å². The normalized spacial score (nSPS) is 18.3. The maximum Gasteiger partial charge on any atom is 0.193 e. The Morgan fingerprint density at radius 3 is 2.83 bits per heavy atom. The van der Waals surface area contributed by atoms with Crippen LogP contribution in [0.25, 0.3) is 0 Å². The number of nitrogens with zero attached hydrogens (tertiary/aromatic N) is 2. The molecule has 2 heterocycles. The zero-order valence-electron chi connectivity index (χ0n) is 13.7. The number of aliphatic imine (C=N–C) groups is 1. The van der Waals surface area contributed by atoms with Gasteiger partial charge in [0, 0.05) is 30.9 Å². The van der Waals surface area contributed by atoms with Crippen LogP contribution < -0.4 is 10.1 Å². The zero-order chi connectivity index (χ0) is 16.1. The predicted molar refractivity (Wildman–Crippen MR) is 96.4 cm³/mol. The van der Waals surface area contributed by atoms with Crippen molar-refractivity contribution in [1.29, 1.82) is 0 Å². The van der Waals surface area contributed by atoms with Crippen molar-refractivity contribution in [1.82, 2.24) is 10.2 Å². The van der Waals surface area contributed by atoms with E-state index < -0.39 is 0 Å². The van der Waals surface area contributed by atoms with Gasteiger partial charge >= 0.3 is 0 Å². The molecule has 1 aromatic heterocycles. The van der Waals surface area contributed by atoms with Crippen LogP contribution in [0.1, 0.15) is 22.8 Å². The van der Waals surface area contributed by atoms with Gasteiger partial charge in [0.05, 0.1) is 13.7 Å². The van der Waals surface area contributed by atoms with Crippen molar-refractivity contribution in [2.45, 2.75) is 18.9 Å². The molecule has 1 aromatic carbocycles. The Kier molecular flexibility index (Phi) is 5.18. The van der Waals surface area contributed by atoms with Crippen molar-refractivity contribution < 1.29 is 4.74 Å². The lowest BCUT2D eigenvalue weighted by molar-refractivity contribution is 0.414. The number of hydrogen-bond acceptors (Lipinski definition) is 3. The van der Waals surface area contributed by atoms with E-state index in [0.717, 1.165) is 37.8 Å². The highest BCUT2D eigenvalue weighted by molar-refractivity contribution is 7.09. The van der Waals surface area contributed by atoms with Gasteiger partial charge < -0.3 is 15.0 Å². The molecule has 1 atom stereocenters. The third-order valence-corrected chi connectivity index (χ3v) is 5.16. The first-order chi connectivity index (χ1) is 11.3. The number of hydrogen-bond donors (Lipinski definition) is 1. The number of thiophene rings is 1. The van der Waals surface area contributed by atoms with E-state index in [4.69, 9.17) is 4.74 Å². The van der Waals surface area contributed by atoms with Gasteiger partial charge in [-0.05, 0) is 35.6 Å². The molecule has 0 spiro atoms. The highest BCUT2D eigenvalue weighted by Gasteiger charge is 2.26. The molecule has 1 fully saturated rings. The lowest BCUT2D eigenvalue weighted by Gasteiger charge is -2.21. The van der Waals surface area contributed by atoms with Crippen LogP contribution in [-0.2, 0) is 6.54 Å². The fraction of sp³-hybridized carbons (Fsp3) is 0.389. The monoisotopic (exact) mass is 329 g/mol. The second-order valence-electron chi connectivity index (χ2n) is 5.68. The van der Waals surface area contributed by atoms with Gasteiger partial charge in [0.15, 0.2) is 5.96 Å². The van der Waals surface area contributed by atoms with Gasteiger partial charge in [-0.15, -0.1) is 11.3 Å². The fourth-order valence-electron chi connectivity index (χ4n) is 3.01. The molecule has 0 saturated carbocycles. The van der Waals surface area contributed by atoms with Crippen LogP contribution in [0.2, 0.25) is 0 Å². The molecular formula is C18H23N3OS. The quantitative estimate of drug-likeness (QED) is 0.690. The Labute approximate surface area is 141 Å². The molecule has 1 unspecified atom stereocenters. The number of methoxy groups -OCH3 is 1. The van der Waals surface area contributed by atoms with Crippen molar-refractivity contribution in [3.63, 3.8) is 0 Å². The third kappa shape index (κ3) is 3.85. The molecule has 4 nitrogen and oxygen atoms in total. The topological polar surface area (TPSA) is 36.9 Å². The van der Waals surface area contributed by atoms with Crippen molar-refractivity contribution in [2.24, 2.45) is 4.99 Å². The average molecular weight is 329 g/mol. The maximum atomic E-state index is 5.24. The number of nitrogens with one attached hydrogen (secondary N) is 1. The lowest BCUT2D eigenvalue weighted by Crippen LogP contribution is -2.39. The van der Waals surface area contributed by atoms with E-state index in [9.17, 15) is 0 Å². The summed E-state index contributed by atoms with van der Waals surface area (Å²) in [6.07, 6.45) is 1.16. The van der Waals surface area contributed by atoms with Gasteiger partial charge in [0.2, 0.25) is 0 Å². The van der Waals surface area contributed by atoms with Crippen molar-refractivity contribution >= 4 is 17.3 Å². The molecular weight excluding hydrogens is 306 g/mol. The molecule has 0 radical (unpaired) electrons. The van der Waals surface area contributed by atoms with Crippen molar-refractivity contribution in [3.05, 3.63) is 52.2 Å². The second-order valence-corrected chi connectivity index (χ2v) is 6.72. The molecule has 5 heteroatoms. The van der Waals surface area contributed by atoms with Crippen LogP contribution >= 0.6 is 11.3 Å². The van der Waals surface area contributed by atoms with Crippen LogP contribution in [0, 0.1) is 0 Å². The van der Waals surface area contributed by atoms with E-state index in [-0.39, 0.29) is 0 Å². The SMILES string of the molecule is CN=C(NCc1cccs1)N1CCC(c2ccc(OC)cc2)C1. The zero-order valence-corrected chi connectivity index (χ0v) is 14.5. The van der Waals surface area contributed by atoms with Gasteiger partial charge in [-0.2, -0.15) is 0 Å². The minimum Gasteiger partial charge on any atom is -0.497 e. The van der Waals surface area contributed by atoms with E-state index in [1.54, 1.807) is 18.4 Å². The Morgan fingerprint density at radius 1 is 1.35 bits per heavy atom. The summed E-state index contributed by atoms with van der Waals surface area (Å²) < 4.78 is 5.24. The summed E-state index contributed by atoms with van der Waals surface area (Å²) in [5.41, 5.74) is 1.38. The molecule has 3 rings (SSSR count). The van der Waals surface area contributed by atoms with E-state index in [2.05, 4.69) is 44.9 Å². The van der Waals surface area contributed by atoms with Crippen molar-refractivity contribution in [3.8, 4) is 5.75 Å². The highest BCUT2D eigenvalue weighted by Crippen LogP contribution is 2.28. The Bertz CT molecular complexity index is 637. The Morgan fingerprint density at radius 2 is 2.17 bits per heavy atom. The number of likely N-dealkylation sites (tertiary alicyclic amines) is 1. The summed E-state index contributed by atoms with van der Waals surface area (Å²) in [6, 6.07) is 12.7. The third-order valence-electron chi connectivity index (χ3n) is 4.29. The summed E-state index contributed by atoms with van der Waals surface area (Å²) >= 11 is 1.77. The van der Waals surface area contributed by atoms with Gasteiger partial charge in [-0.1, -0.05) is 18.2 Å². The molecule has 0 bridgehead atoms. The van der Waals surface area contributed by atoms with E-state index >= 15 is 0 Å². The van der Waals surface area contributed by atoms with Crippen molar-refractivity contribution in [2.75, 3.05) is 27.2 Å². The van der Waals surface area contributed by atoms with Crippen LogP contribution in [0.15, 0.2) is 46.8 Å². The smallest absolute Gasteiger partial charge is 0.193 e. The maximum absolute atomic E-state index is 5.24. The Hall–Kier alpha value is -2.01. The molecule has 0 aliphatic carbocycles. The molecule has 0 amide bonds. The molecule has 23 heavy (non-hydrogen) atoms. The van der Waals surface area contributed by atoms with Crippen LogP contribution in [0.3, 0.4) is 0 Å². The number of rotatable bonds is 4. The minimum atomic E-state index is 0.557. The second kappa shape index (κ2) is 7.51. The minimum absolute atomic E-state index is 0.557. The number of benzene rings is 1. The van der Waals surface area contributed by atoms with Gasteiger partial charge in [0.1, 0.15) is 5.75 Å². The highest BCUT2D eigenvalue weighted by atomic mass is 32.1. The van der Waals surface area contributed by atoms with Crippen LogP contribution in [0.5, 0.6) is 5.75 Å². The van der Waals surface area contributed by atoms with E-state index in [0.29, 0.717) is 5.92 Å². The summed E-state index contributed by atoms with van der Waals surface area (Å²) in [4.78, 5) is 8.12. The first kappa shape index (κ1) is 15.9. The van der Waals surface area contributed by atoms with Crippen LogP contribution in [-0.4, -0.2) is 38.1 Å². The number of ether oxygens (including phenoxy) is 1. The fourth-order valence-corrected chi connectivity index (χ4v) is 3.66. The largest absolute Gasteiger partial charge is 0.497 e. The molecule has 1 N–H and O–H groups in total. The molecule has 1 aliphatic heterocycles. The number of guanidine groups is 1. The van der Waals surface area contributed by atoms with Crippen LogP contribution in [0.4, 0.5) is 0 Å². The Balaban J connectivity index is 1.58. The summed E-state index contributed by atoms with van der Waals surface area (Å²) in [5, 5.41) is 5.58. The summed E-state index contributed by atoms with van der Waals surface area (Å²) in [6.45, 7) is 2.89.